The third-order valence-electron chi connectivity index (χ3n) is 4.98. The van der Waals surface area contributed by atoms with E-state index in [-0.39, 0.29) is 11.4 Å². The molecule has 1 atom stereocenters. The second-order valence-electron chi connectivity index (χ2n) is 7.31. The van der Waals surface area contributed by atoms with Crippen LogP contribution in [0.3, 0.4) is 0 Å². The molecule has 27 heavy (non-hydrogen) atoms. The molecule has 0 amide bonds. The van der Waals surface area contributed by atoms with Crippen molar-refractivity contribution in [3.63, 3.8) is 0 Å². The number of nitrogens with two attached hydrogens (primary N) is 3. The Morgan fingerprint density at radius 1 is 1.41 bits per heavy atom. The highest BCUT2D eigenvalue weighted by Gasteiger charge is 2.28. The number of piperidine rings is 1. The molecule has 2 aliphatic rings. The molecule has 1 unspecified atom stereocenters. The first-order chi connectivity index (χ1) is 12.7. The molecule has 0 aromatic heterocycles. The van der Waals surface area contributed by atoms with E-state index in [2.05, 4.69) is 17.0 Å². The first kappa shape index (κ1) is 21.2. The number of thioether (sulfide) groups is 1. The summed E-state index contributed by atoms with van der Waals surface area (Å²) in [6.45, 7) is 9.53. The maximum atomic E-state index is 11.4. The number of likely N-dealkylation sites (tertiary alicyclic amines) is 1. The minimum Gasteiger partial charge on any atom is -0.385 e. The molecule has 8 heteroatoms. The summed E-state index contributed by atoms with van der Waals surface area (Å²) in [5, 5.41) is 3.87. The minimum atomic E-state index is -0.645. The highest BCUT2D eigenvalue weighted by molar-refractivity contribution is 8.17. The molecular weight excluding hydrogens is 360 g/mol. The first-order valence-corrected chi connectivity index (χ1v) is 9.90. The first-order valence-electron chi connectivity index (χ1n) is 9.09. The van der Waals surface area contributed by atoms with Crippen molar-refractivity contribution in [1.82, 2.24) is 4.90 Å². The summed E-state index contributed by atoms with van der Waals surface area (Å²) >= 11 is 1.38. The van der Waals surface area contributed by atoms with Gasteiger partial charge >= 0.3 is 0 Å². The monoisotopic (exact) mass is 390 g/mol. The largest absolute Gasteiger partial charge is 0.385 e. The lowest BCUT2D eigenvalue weighted by Crippen LogP contribution is -2.47. The third-order valence-corrected chi connectivity index (χ3v) is 6.28. The van der Waals surface area contributed by atoms with Crippen molar-refractivity contribution < 1.29 is 0 Å². The molecular formula is C19H30N6OS. The number of hydrogen-bond acceptors (Lipinski definition) is 8. The van der Waals surface area contributed by atoms with Crippen LogP contribution in [-0.2, 0) is 0 Å². The normalized spacial score (nSPS) is 23.0. The average Bonchev–Trinajstić information content (AvgIpc) is 2.77. The van der Waals surface area contributed by atoms with Gasteiger partial charge in [0.2, 0.25) is 0 Å². The van der Waals surface area contributed by atoms with Crippen LogP contribution < -0.4 is 17.2 Å². The number of nitroso groups, excluding NO2 is 1. The predicted molar refractivity (Wildman–Crippen MR) is 115 cm³/mol. The van der Waals surface area contributed by atoms with Gasteiger partial charge in [0.25, 0.3) is 0 Å². The predicted octanol–water partition coefficient (Wildman–Crippen LogP) is 2.92. The maximum absolute atomic E-state index is 11.4. The van der Waals surface area contributed by atoms with Crippen molar-refractivity contribution >= 4 is 16.8 Å². The lowest BCUT2D eigenvalue weighted by molar-refractivity contribution is 0.213. The number of allylic oxidation sites excluding steroid dienone is 4. The van der Waals surface area contributed by atoms with E-state index in [4.69, 9.17) is 22.2 Å². The lowest BCUT2D eigenvalue weighted by atomic mass is 9.90. The molecule has 1 fully saturated rings. The van der Waals surface area contributed by atoms with E-state index in [1.165, 1.54) is 11.8 Å². The van der Waals surface area contributed by atoms with E-state index < -0.39 is 6.04 Å². The van der Waals surface area contributed by atoms with Gasteiger partial charge in [0.15, 0.2) is 6.04 Å². The Kier molecular flexibility index (Phi) is 6.89. The van der Waals surface area contributed by atoms with Gasteiger partial charge in [0.1, 0.15) is 5.04 Å². The molecule has 0 aromatic carbocycles. The molecule has 6 N–H and O–H groups in total. The van der Waals surface area contributed by atoms with Gasteiger partial charge in [-0.2, -0.15) is 0 Å². The van der Waals surface area contributed by atoms with Crippen LogP contribution in [0, 0.1) is 4.91 Å². The van der Waals surface area contributed by atoms with Gasteiger partial charge in [-0.1, -0.05) is 23.0 Å². The molecule has 0 saturated carbocycles. The van der Waals surface area contributed by atoms with Crippen molar-refractivity contribution in [2.24, 2.45) is 27.4 Å². The summed E-state index contributed by atoms with van der Waals surface area (Å²) < 4.78 is 0. The van der Waals surface area contributed by atoms with Crippen LogP contribution in [0.15, 0.2) is 56.1 Å². The molecule has 0 aliphatic carbocycles. The number of hydrogen-bond donors (Lipinski definition) is 3. The molecule has 1 saturated heterocycles. The van der Waals surface area contributed by atoms with Crippen molar-refractivity contribution in [3.8, 4) is 0 Å². The van der Waals surface area contributed by atoms with Gasteiger partial charge in [-0.3, -0.25) is 0 Å². The van der Waals surface area contributed by atoms with Crippen LogP contribution in [0.5, 0.6) is 0 Å². The zero-order valence-electron chi connectivity index (χ0n) is 16.5. The zero-order chi connectivity index (χ0) is 20.2. The summed E-state index contributed by atoms with van der Waals surface area (Å²) in [5.74, 6) is 0.252. The summed E-state index contributed by atoms with van der Waals surface area (Å²) in [4.78, 5) is 19.3. The van der Waals surface area contributed by atoms with E-state index in [1.807, 2.05) is 32.9 Å². The second kappa shape index (κ2) is 8.75. The number of nitrogens with zero attached hydrogens (tertiary/aromatic N) is 3. The Morgan fingerprint density at radius 3 is 2.56 bits per heavy atom. The number of aliphatic imine (C=N–C) groups is 1. The lowest BCUT2D eigenvalue weighted by Gasteiger charge is -2.38. The van der Waals surface area contributed by atoms with Crippen LogP contribution in [0.1, 0.15) is 40.5 Å². The van der Waals surface area contributed by atoms with Crippen molar-refractivity contribution in [2.75, 3.05) is 13.1 Å². The van der Waals surface area contributed by atoms with Crippen molar-refractivity contribution in [3.05, 3.63) is 50.8 Å². The molecule has 7 nitrogen and oxygen atoms in total. The Morgan fingerprint density at radius 2 is 2.04 bits per heavy atom. The summed E-state index contributed by atoms with van der Waals surface area (Å²) in [6, 6.07) is -0.645. The van der Waals surface area contributed by atoms with E-state index in [1.54, 1.807) is 6.08 Å². The van der Waals surface area contributed by atoms with E-state index in [9.17, 15) is 4.91 Å². The molecule has 2 aliphatic heterocycles. The maximum Gasteiger partial charge on any atom is 0.159 e. The van der Waals surface area contributed by atoms with Crippen LogP contribution in [0.4, 0.5) is 0 Å². The molecule has 0 bridgehead atoms. The second-order valence-corrected chi connectivity index (χ2v) is 8.37. The molecule has 148 valence electrons. The third kappa shape index (κ3) is 5.23. The zero-order valence-corrected chi connectivity index (χ0v) is 17.3. The fourth-order valence-electron chi connectivity index (χ4n) is 3.04. The van der Waals surface area contributed by atoms with Gasteiger partial charge in [0.05, 0.1) is 17.2 Å². The quantitative estimate of drug-likeness (QED) is 0.501. The molecule has 2 heterocycles. The SMILES string of the molecule is C/C=C(/SC1=NC(C)=C(N2CCC(C)(N)CC2)C=CC1N=O)C(C)=C(N)N. The van der Waals surface area contributed by atoms with Crippen LogP contribution in [0.2, 0.25) is 0 Å². The highest BCUT2D eigenvalue weighted by atomic mass is 32.2. The van der Waals surface area contributed by atoms with Crippen LogP contribution in [0.25, 0.3) is 0 Å². The van der Waals surface area contributed by atoms with Gasteiger partial charge < -0.3 is 22.1 Å². The molecule has 2 rings (SSSR count). The Balaban J connectivity index is 2.32. The minimum absolute atomic E-state index is 0.122. The van der Waals surface area contributed by atoms with Crippen molar-refractivity contribution in [2.45, 2.75) is 52.1 Å². The van der Waals surface area contributed by atoms with E-state index in [0.29, 0.717) is 5.04 Å². The van der Waals surface area contributed by atoms with Gasteiger partial charge in [-0.25, -0.2) is 4.99 Å². The van der Waals surface area contributed by atoms with Crippen molar-refractivity contribution in [1.29, 1.82) is 0 Å². The van der Waals surface area contributed by atoms with E-state index >= 15 is 0 Å². The Hall–Kier alpha value is -2.06. The Bertz CT molecular complexity index is 733. The van der Waals surface area contributed by atoms with Gasteiger partial charge in [0, 0.05) is 29.1 Å². The highest BCUT2D eigenvalue weighted by Crippen LogP contribution is 2.32. The summed E-state index contributed by atoms with van der Waals surface area (Å²) in [7, 11) is 0. The molecule has 0 radical (unpaired) electrons. The summed E-state index contributed by atoms with van der Waals surface area (Å²) in [5.41, 5.74) is 20.2. The van der Waals surface area contributed by atoms with Gasteiger partial charge in [-0.15, -0.1) is 4.91 Å². The fourth-order valence-corrected chi connectivity index (χ4v) is 4.08. The van der Waals surface area contributed by atoms with E-state index in [0.717, 1.165) is 47.8 Å². The average molecular weight is 391 g/mol. The van der Waals surface area contributed by atoms with Crippen LogP contribution in [-0.4, -0.2) is 34.6 Å². The fraction of sp³-hybridized carbons (Fsp3) is 0.526. The molecule has 0 aromatic rings. The molecule has 0 spiro atoms. The van der Waals surface area contributed by atoms with Gasteiger partial charge in [-0.05, 0) is 52.7 Å². The topological polar surface area (TPSA) is 123 Å². The van der Waals surface area contributed by atoms with Crippen LogP contribution >= 0.6 is 11.8 Å². The number of rotatable bonds is 4. The smallest absolute Gasteiger partial charge is 0.159 e. The Labute approximate surface area is 165 Å². The standard InChI is InChI=1S/C19H30N6OS/c1-5-16(12(2)17(20)21)27-18-14(24-26)6-7-15(13(3)23-18)25-10-8-19(4,22)9-11-25/h5-7,14H,8-11,20-22H2,1-4H3/b16-5+. The summed E-state index contributed by atoms with van der Waals surface area (Å²) in [6.07, 6.45) is 7.50.